The van der Waals surface area contributed by atoms with E-state index in [-0.39, 0.29) is 11.3 Å². The summed E-state index contributed by atoms with van der Waals surface area (Å²) in [6.45, 7) is 5.05. The lowest BCUT2D eigenvalue weighted by molar-refractivity contribution is -0.0229. The molecule has 3 N–H and O–H groups in total. The maximum Gasteiger partial charge on any atom is 0.336 e. The van der Waals surface area contributed by atoms with Gasteiger partial charge in [-0.05, 0) is 20.3 Å². The van der Waals surface area contributed by atoms with Crippen molar-refractivity contribution < 1.29 is 24.5 Å². The van der Waals surface area contributed by atoms with Gasteiger partial charge in [-0.15, -0.1) is 0 Å². The highest BCUT2D eigenvalue weighted by atomic mass is 16.5. The first-order valence-corrected chi connectivity index (χ1v) is 7.62. The van der Waals surface area contributed by atoms with Gasteiger partial charge in [0.1, 0.15) is 23.2 Å². The summed E-state index contributed by atoms with van der Waals surface area (Å²) in [6.07, 6.45) is -0.632. The molecule has 6 nitrogen and oxygen atoms in total. The molecule has 0 amide bonds. The Balaban J connectivity index is 2.27. The van der Waals surface area contributed by atoms with E-state index >= 15 is 0 Å². The highest BCUT2D eigenvalue weighted by molar-refractivity contribution is 5.91. The minimum absolute atomic E-state index is 0.124. The lowest BCUT2D eigenvalue weighted by atomic mass is 9.94. The number of benzene rings is 1. The van der Waals surface area contributed by atoms with Gasteiger partial charge in [0.05, 0.1) is 17.1 Å². The minimum Gasteiger partial charge on any atom is -0.507 e. The third-order valence-electron chi connectivity index (χ3n) is 4.28. The predicted molar refractivity (Wildman–Crippen MR) is 83.8 cm³/mol. The van der Waals surface area contributed by atoms with Gasteiger partial charge < -0.3 is 24.5 Å². The lowest BCUT2D eigenvalue weighted by Crippen LogP contribution is -2.39. The molecule has 2 atom stereocenters. The Morgan fingerprint density at radius 3 is 2.70 bits per heavy atom. The zero-order valence-corrected chi connectivity index (χ0v) is 13.3. The number of phenolic OH excluding ortho intramolecular Hbond substituents is 1. The van der Waals surface area contributed by atoms with Crippen molar-refractivity contribution in [3.63, 3.8) is 0 Å². The van der Waals surface area contributed by atoms with Crippen LogP contribution in [0.2, 0.25) is 0 Å². The molecule has 2 heterocycles. The van der Waals surface area contributed by atoms with E-state index in [1.54, 1.807) is 20.8 Å². The average Bonchev–Trinajstić information content (AvgIpc) is 2.89. The molecule has 124 valence electrons. The monoisotopic (exact) mass is 320 g/mol. The standard InChI is InChI=1S/C17H20O6/c1-4-10(18)8-6-14(20)23-16-9-5-13(17(2,3)21)22-12(9)7-11(19)15(8)16/h6-7,10,13,18-19,21H,4-5H2,1-3H3. The second-order valence-electron chi connectivity index (χ2n) is 6.49. The summed E-state index contributed by atoms with van der Waals surface area (Å²) in [5.41, 5.74) is -0.513. The quantitative estimate of drug-likeness (QED) is 0.748. The van der Waals surface area contributed by atoms with Crippen LogP contribution in [0.15, 0.2) is 21.3 Å². The first kappa shape index (κ1) is 15.8. The Morgan fingerprint density at radius 2 is 2.09 bits per heavy atom. The summed E-state index contributed by atoms with van der Waals surface area (Å²) in [6, 6.07) is 2.64. The molecule has 1 aromatic heterocycles. The average molecular weight is 320 g/mol. The van der Waals surface area contributed by atoms with Crippen molar-refractivity contribution in [3.8, 4) is 11.5 Å². The van der Waals surface area contributed by atoms with Gasteiger partial charge in [0, 0.05) is 29.7 Å². The van der Waals surface area contributed by atoms with Gasteiger partial charge >= 0.3 is 5.63 Å². The van der Waals surface area contributed by atoms with Crippen molar-refractivity contribution in [3.05, 3.63) is 33.7 Å². The number of ether oxygens (including phenoxy) is 1. The zero-order valence-electron chi connectivity index (χ0n) is 13.3. The van der Waals surface area contributed by atoms with Crippen molar-refractivity contribution in [2.45, 2.75) is 51.4 Å². The molecule has 0 fully saturated rings. The second-order valence-corrected chi connectivity index (χ2v) is 6.49. The van der Waals surface area contributed by atoms with Gasteiger partial charge in [0.15, 0.2) is 0 Å². The molecule has 0 spiro atoms. The number of aliphatic hydroxyl groups is 2. The molecule has 23 heavy (non-hydrogen) atoms. The van der Waals surface area contributed by atoms with Crippen LogP contribution in [0.5, 0.6) is 11.5 Å². The Hall–Kier alpha value is -2.05. The van der Waals surface area contributed by atoms with Crippen LogP contribution in [0.25, 0.3) is 11.0 Å². The molecule has 1 aliphatic heterocycles. The van der Waals surface area contributed by atoms with E-state index in [2.05, 4.69) is 0 Å². The number of aliphatic hydroxyl groups excluding tert-OH is 1. The van der Waals surface area contributed by atoms with Gasteiger partial charge in [-0.3, -0.25) is 0 Å². The van der Waals surface area contributed by atoms with Gasteiger partial charge in [-0.25, -0.2) is 4.79 Å². The van der Waals surface area contributed by atoms with Crippen LogP contribution in [0.4, 0.5) is 0 Å². The van der Waals surface area contributed by atoms with Crippen LogP contribution in [-0.2, 0) is 6.42 Å². The van der Waals surface area contributed by atoms with Gasteiger partial charge in [0.2, 0.25) is 0 Å². The minimum atomic E-state index is -1.08. The Kier molecular flexibility index (Phi) is 3.61. The van der Waals surface area contributed by atoms with Crippen LogP contribution in [0.3, 0.4) is 0 Å². The number of aromatic hydroxyl groups is 1. The highest BCUT2D eigenvalue weighted by Crippen LogP contribution is 2.43. The fraction of sp³-hybridized carbons (Fsp3) is 0.471. The Bertz CT molecular complexity index is 814. The SMILES string of the molecule is CCC(O)c1cc(=O)oc2c3c(cc(O)c12)OC(C(C)(C)O)C3. The second kappa shape index (κ2) is 5.25. The van der Waals surface area contributed by atoms with E-state index in [0.717, 1.165) is 0 Å². The van der Waals surface area contributed by atoms with E-state index in [1.807, 2.05) is 0 Å². The fourth-order valence-electron chi connectivity index (χ4n) is 2.94. The molecule has 0 radical (unpaired) electrons. The summed E-state index contributed by atoms with van der Waals surface area (Å²) in [5.74, 6) is 0.259. The summed E-state index contributed by atoms with van der Waals surface area (Å²) >= 11 is 0. The normalized spacial score (nSPS) is 18.7. The van der Waals surface area contributed by atoms with Crippen LogP contribution >= 0.6 is 0 Å². The van der Waals surface area contributed by atoms with E-state index in [4.69, 9.17) is 9.15 Å². The molecule has 3 rings (SSSR count). The molecule has 1 aliphatic rings. The molecule has 2 unspecified atom stereocenters. The van der Waals surface area contributed by atoms with Crippen molar-refractivity contribution in [2.75, 3.05) is 0 Å². The van der Waals surface area contributed by atoms with Crippen molar-refractivity contribution in [2.24, 2.45) is 0 Å². The largest absolute Gasteiger partial charge is 0.507 e. The first-order chi connectivity index (χ1) is 10.7. The third-order valence-corrected chi connectivity index (χ3v) is 4.28. The summed E-state index contributed by atoms with van der Waals surface area (Å²) < 4.78 is 11.0. The maximum atomic E-state index is 11.9. The fourth-order valence-corrected chi connectivity index (χ4v) is 2.94. The molecule has 0 saturated carbocycles. The maximum absolute atomic E-state index is 11.9. The third kappa shape index (κ3) is 2.58. The summed E-state index contributed by atoms with van der Waals surface area (Å²) in [5, 5.41) is 30.9. The molecule has 2 aromatic rings. The molecular weight excluding hydrogens is 300 g/mol. The molecule has 6 heteroatoms. The number of rotatable bonds is 3. The van der Waals surface area contributed by atoms with Gasteiger partial charge in [-0.1, -0.05) is 6.92 Å². The van der Waals surface area contributed by atoms with Gasteiger partial charge in [-0.2, -0.15) is 0 Å². The number of fused-ring (bicyclic) bond motifs is 3. The first-order valence-electron chi connectivity index (χ1n) is 7.62. The van der Waals surface area contributed by atoms with E-state index < -0.39 is 23.4 Å². The number of hydrogen-bond donors (Lipinski definition) is 3. The van der Waals surface area contributed by atoms with Crippen LogP contribution < -0.4 is 10.4 Å². The van der Waals surface area contributed by atoms with Gasteiger partial charge in [0.25, 0.3) is 0 Å². The van der Waals surface area contributed by atoms with E-state index in [0.29, 0.717) is 35.1 Å². The Morgan fingerprint density at radius 1 is 1.39 bits per heavy atom. The zero-order chi connectivity index (χ0) is 16.9. The Labute approximate surface area is 132 Å². The lowest BCUT2D eigenvalue weighted by Gasteiger charge is -2.24. The predicted octanol–water partition coefficient (Wildman–Crippen LogP) is 2.02. The molecule has 0 saturated heterocycles. The summed E-state index contributed by atoms with van der Waals surface area (Å²) in [7, 11) is 0. The highest BCUT2D eigenvalue weighted by Gasteiger charge is 2.37. The van der Waals surface area contributed by atoms with E-state index in [9.17, 15) is 20.1 Å². The molecule has 0 aliphatic carbocycles. The number of phenols is 1. The van der Waals surface area contributed by atoms with Crippen molar-refractivity contribution >= 4 is 11.0 Å². The van der Waals surface area contributed by atoms with Crippen molar-refractivity contribution in [1.29, 1.82) is 0 Å². The number of hydrogen-bond acceptors (Lipinski definition) is 6. The van der Waals surface area contributed by atoms with Crippen molar-refractivity contribution in [1.82, 2.24) is 0 Å². The van der Waals surface area contributed by atoms with Crippen LogP contribution in [0.1, 0.15) is 44.4 Å². The molecule has 1 aromatic carbocycles. The summed E-state index contributed by atoms with van der Waals surface area (Å²) in [4.78, 5) is 11.9. The van der Waals surface area contributed by atoms with E-state index in [1.165, 1.54) is 12.1 Å². The van der Waals surface area contributed by atoms with Crippen LogP contribution in [0, 0.1) is 0 Å². The molecular formula is C17H20O6. The molecule has 0 bridgehead atoms. The smallest absolute Gasteiger partial charge is 0.336 e. The van der Waals surface area contributed by atoms with Crippen LogP contribution in [-0.4, -0.2) is 27.0 Å². The topological polar surface area (TPSA) is 100 Å².